The van der Waals surface area contributed by atoms with Gasteiger partial charge in [0.25, 0.3) is 0 Å². The number of halogens is 3. The van der Waals surface area contributed by atoms with Crippen LogP contribution in [0.4, 0.5) is 0 Å². The van der Waals surface area contributed by atoms with Gasteiger partial charge in [-0.15, -0.1) is 35.6 Å². The molecular weight excluding hydrogens is 251 g/mol. The van der Waals surface area contributed by atoms with Gasteiger partial charge < -0.3 is 5.32 Å². The summed E-state index contributed by atoms with van der Waals surface area (Å²) in [4.78, 5) is 4.04. The number of hydrogen-bond acceptors (Lipinski definition) is 2. The third-order valence-corrected chi connectivity index (χ3v) is 3.95. The maximum Gasteiger partial charge on any atom is 0.156 e. The van der Waals surface area contributed by atoms with Crippen LogP contribution in [-0.4, -0.2) is 29.3 Å². The van der Waals surface area contributed by atoms with E-state index in [4.69, 9.17) is 23.2 Å². The lowest BCUT2D eigenvalue weighted by Gasteiger charge is -2.03. The summed E-state index contributed by atoms with van der Waals surface area (Å²) in [5, 5.41) is 3.93. The first kappa shape index (κ1) is 13.7. The third-order valence-electron chi connectivity index (χ3n) is 1.79. The standard InChI is InChI=1S/C7H12Cl2N2S.ClH/c1-10-6(11-2)12-4-5-3-7(5,8)9;/h5H,3-4H2,1-2H3,(H,10,11);1H. The molecule has 13 heavy (non-hydrogen) atoms. The fourth-order valence-corrected chi connectivity index (χ4v) is 2.62. The van der Waals surface area contributed by atoms with Crippen LogP contribution >= 0.6 is 47.4 Å². The molecule has 1 unspecified atom stereocenters. The molecule has 2 nitrogen and oxygen atoms in total. The van der Waals surface area contributed by atoms with Crippen molar-refractivity contribution < 1.29 is 0 Å². The lowest BCUT2D eigenvalue weighted by Crippen LogP contribution is -2.15. The second kappa shape index (κ2) is 5.54. The van der Waals surface area contributed by atoms with E-state index < -0.39 is 4.33 Å². The Labute approximate surface area is 99.3 Å². The predicted molar refractivity (Wildman–Crippen MR) is 64.7 cm³/mol. The molecule has 1 aliphatic carbocycles. The molecule has 0 spiro atoms. The molecule has 1 saturated carbocycles. The molecule has 0 aromatic rings. The van der Waals surface area contributed by atoms with E-state index in [0.717, 1.165) is 17.3 Å². The van der Waals surface area contributed by atoms with E-state index in [1.807, 2.05) is 7.05 Å². The fraction of sp³-hybridized carbons (Fsp3) is 0.857. The molecule has 0 aromatic carbocycles. The lowest BCUT2D eigenvalue weighted by atomic mass is 10.5. The van der Waals surface area contributed by atoms with Crippen LogP contribution in [0, 0.1) is 5.92 Å². The second-order valence-corrected chi connectivity index (χ2v) is 5.30. The summed E-state index contributed by atoms with van der Waals surface area (Å²) < 4.78 is -0.459. The van der Waals surface area contributed by atoms with E-state index in [9.17, 15) is 0 Å². The topological polar surface area (TPSA) is 24.4 Å². The Morgan fingerprint density at radius 1 is 1.69 bits per heavy atom. The number of nitrogens with zero attached hydrogens (tertiary/aromatic N) is 1. The van der Waals surface area contributed by atoms with Crippen molar-refractivity contribution in [2.45, 2.75) is 10.8 Å². The van der Waals surface area contributed by atoms with E-state index in [1.54, 1.807) is 18.8 Å². The van der Waals surface area contributed by atoms with Crippen molar-refractivity contribution in [1.29, 1.82) is 0 Å². The minimum atomic E-state index is -0.459. The van der Waals surface area contributed by atoms with Gasteiger partial charge in [0.2, 0.25) is 0 Å². The lowest BCUT2D eigenvalue weighted by molar-refractivity contribution is 0.982. The first-order valence-corrected chi connectivity index (χ1v) is 5.49. The van der Waals surface area contributed by atoms with E-state index in [1.165, 1.54) is 0 Å². The monoisotopic (exact) mass is 262 g/mol. The van der Waals surface area contributed by atoms with Crippen molar-refractivity contribution in [3.8, 4) is 0 Å². The Morgan fingerprint density at radius 3 is 2.54 bits per heavy atom. The van der Waals surface area contributed by atoms with E-state index in [-0.39, 0.29) is 12.4 Å². The first-order chi connectivity index (χ1) is 5.60. The summed E-state index contributed by atoms with van der Waals surface area (Å²) in [5.74, 6) is 1.37. The number of hydrogen-bond donors (Lipinski definition) is 1. The number of thioether (sulfide) groups is 1. The summed E-state index contributed by atoms with van der Waals surface area (Å²) in [7, 11) is 3.62. The van der Waals surface area contributed by atoms with Gasteiger partial charge in [0.1, 0.15) is 4.33 Å². The maximum absolute atomic E-state index is 5.87. The van der Waals surface area contributed by atoms with Crippen molar-refractivity contribution in [2.24, 2.45) is 10.9 Å². The second-order valence-electron chi connectivity index (χ2n) is 2.75. The van der Waals surface area contributed by atoms with E-state index in [0.29, 0.717) is 5.92 Å². The van der Waals surface area contributed by atoms with Crippen LogP contribution in [0.5, 0.6) is 0 Å². The van der Waals surface area contributed by atoms with Crippen molar-refractivity contribution in [1.82, 2.24) is 5.32 Å². The van der Waals surface area contributed by atoms with E-state index >= 15 is 0 Å². The molecule has 1 atom stereocenters. The smallest absolute Gasteiger partial charge is 0.156 e. The fourth-order valence-electron chi connectivity index (χ4n) is 0.878. The first-order valence-electron chi connectivity index (χ1n) is 3.75. The van der Waals surface area contributed by atoms with Gasteiger partial charge in [-0.05, 0) is 6.42 Å². The van der Waals surface area contributed by atoms with Gasteiger partial charge in [-0.25, -0.2) is 0 Å². The van der Waals surface area contributed by atoms with Crippen molar-refractivity contribution in [3.63, 3.8) is 0 Å². The van der Waals surface area contributed by atoms with Crippen LogP contribution < -0.4 is 5.32 Å². The molecule has 1 N–H and O–H groups in total. The Balaban J connectivity index is 0.00000144. The highest BCUT2D eigenvalue weighted by molar-refractivity contribution is 8.13. The van der Waals surface area contributed by atoms with Crippen LogP contribution in [0.3, 0.4) is 0 Å². The predicted octanol–water partition coefficient (Wildman–Crippen LogP) is 2.54. The largest absolute Gasteiger partial charge is 0.368 e. The van der Waals surface area contributed by atoms with Crippen molar-refractivity contribution >= 4 is 52.5 Å². The molecular formula is C7H13Cl3N2S. The van der Waals surface area contributed by atoms with Crippen molar-refractivity contribution in [2.75, 3.05) is 19.8 Å². The van der Waals surface area contributed by atoms with Crippen LogP contribution in [-0.2, 0) is 0 Å². The SMILES string of the molecule is CN=C(NC)SCC1CC1(Cl)Cl.Cl. The van der Waals surface area contributed by atoms with Crippen LogP contribution in [0.25, 0.3) is 0 Å². The van der Waals surface area contributed by atoms with Gasteiger partial charge in [-0.2, -0.15) is 0 Å². The van der Waals surface area contributed by atoms with Gasteiger partial charge in [0, 0.05) is 25.8 Å². The highest BCUT2D eigenvalue weighted by Crippen LogP contribution is 2.54. The molecule has 1 aliphatic rings. The Kier molecular flexibility index (Phi) is 5.84. The molecule has 0 amide bonds. The Hall–Kier alpha value is 0.690. The maximum atomic E-state index is 5.87. The quantitative estimate of drug-likeness (QED) is 0.470. The van der Waals surface area contributed by atoms with Gasteiger partial charge in [-0.3, -0.25) is 4.99 Å². The highest BCUT2D eigenvalue weighted by atomic mass is 35.5. The molecule has 0 heterocycles. The zero-order valence-electron chi connectivity index (χ0n) is 7.51. The molecule has 0 aromatic heterocycles. The summed E-state index contributed by atoms with van der Waals surface area (Å²) in [6.07, 6.45) is 0.907. The molecule has 0 aliphatic heterocycles. The van der Waals surface area contributed by atoms with Gasteiger partial charge in [0.05, 0.1) is 0 Å². The molecule has 0 bridgehead atoms. The normalized spacial score (nSPS) is 24.9. The molecule has 6 heteroatoms. The minimum absolute atomic E-state index is 0. The molecule has 1 rings (SSSR count). The Bertz CT molecular complexity index is 196. The average Bonchev–Trinajstić information content (AvgIpc) is 2.61. The zero-order valence-corrected chi connectivity index (χ0v) is 10.7. The summed E-state index contributed by atoms with van der Waals surface area (Å²) in [6.45, 7) is 0. The number of rotatable bonds is 2. The Morgan fingerprint density at radius 2 is 2.23 bits per heavy atom. The average molecular weight is 264 g/mol. The van der Waals surface area contributed by atoms with Crippen LogP contribution in [0.15, 0.2) is 4.99 Å². The van der Waals surface area contributed by atoms with Gasteiger partial charge >= 0.3 is 0 Å². The van der Waals surface area contributed by atoms with Gasteiger partial charge in [-0.1, -0.05) is 11.8 Å². The zero-order chi connectivity index (χ0) is 9.19. The van der Waals surface area contributed by atoms with Crippen LogP contribution in [0.1, 0.15) is 6.42 Å². The third kappa shape index (κ3) is 4.15. The summed E-state index contributed by atoms with van der Waals surface area (Å²) >= 11 is 13.4. The summed E-state index contributed by atoms with van der Waals surface area (Å²) in [6, 6.07) is 0. The number of aliphatic imine (C=N–C) groups is 1. The number of nitrogens with one attached hydrogen (secondary N) is 1. The molecule has 78 valence electrons. The number of alkyl halides is 2. The highest BCUT2D eigenvalue weighted by Gasteiger charge is 2.51. The summed E-state index contributed by atoms with van der Waals surface area (Å²) in [5.41, 5.74) is 0. The van der Waals surface area contributed by atoms with Crippen molar-refractivity contribution in [3.05, 3.63) is 0 Å². The molecule has 0 saturated heterocycles. The number of amidine groups is 1. The van der Waals surface area contributed by atoms with E-state index in [2.05, 4.69) is 10.3 Å². The van der Waals surface area contributed by atoms with Gasteiger partial charge in [0.15, 0.2) is 5.17 Å². The minimum Gasteiger partial charge on any atom is -0.368 e. The molecule has 0 radical (unpaired) electrons. The van der Waals surface area contributed by atoms with Crippen LogP contribution in [0.2, 0.25) is 0 Å². The molecule has 1 fully saturated rings.